The van der Waals surface area contributed by atoms with Gasteiger partial charge < -0.3 is 14.0 Å². The zero-order valence-corrected chi connectivity index (χ0v) is 22.0. The van der Waals surface area contributed by atoms with Crippen LogP contribution >= 0.6 is 0 Å². The second kappa shape index (κ2) is 8.44. The summed E-state index contributed by atoms with van der Waals surface area (Å²) in [6.45, 7) is 0. The topological polar surface area (TPSA) is 46.8 Å². The third-order valence-electron chi connectivity index (χ3n) is 8.17. The smallest absolute Gasteiger partial charge is 0.227 e. The van der Waals surface area contributed by atoms with Crippen molar-refractivity contribution < 1.29 is 4.42 Å². The van der Waals surface area contributed by atoms with E-state index in [0.29, 0.717) is 5.89 Å². The summed E-state index contributed by atoms with van der Waals surface area (Å²) in [5.74, 6) is 0.629. The molecule has 0 aliphatic rings. The number of nitrogens with one attached hydrogen (secondary N) is 1. The Labute approximate surface area is 235 Å². The molecule has 0 unspecified atom stereocenters. The zero-order chi connectivity index (χ0) is 26.9. The average molecular weight is 526 g/mol. The maximum atomic E-state index is 6.53. The summed E-state index contributed by atoms with van der Waals surface area (Å²) in [4.78, 5) is 8.55. The minimum Gasteiger partial charge on any atom is -0.434 e. The summed E-state index contributed by atoms with van der Waals surface area (Å²) in [5, 5.41) is 4.79. The lowest BCUT2D eigenvalue weighted by molar-refractivity contribution is 0.622. The molecule has 3 heterocycles. The van der Waals surface area contributed by atoms with Gasteiger partial charge >= 0.3 is 0 Å². The van der Waals surface area contributed by atoms with Gasteiger partial charge in [0, 0.05) is 43.9 Å². The monoisotopic (exact) mass is 525 g/mol. The van der Waals surface area contributed by atoms with Gasteiger partial charge in [0.2, 0.25) is 5.89 Å². The summed E-state index contributed by atoms with van der Waals surface area (Å²) >= 11 is 0. The molecule has 192 valence electrons. The van der Waals surface area contributed by atoms with E-state index in [1.54, 1.807) is 0 Å². The zero-order valence-electron chi connectivity index (χ0n) is 22.0. The Kier molecular flexibility index (Phi) is 4.58. The molecule has 9 aromatic rings. The van der Waals surface area contributed by atoms with Crippen molar-refractivity contribution in [3.63, 3.8) is 0 Å². The maximum absolute atomic E-state index is 6.53. The predicted octanol–water partition coefficient (Wildman–Crippen LogP) is 9.89. The van der Waals surface area contributed by atoms with Crippen LogP contribution in [0.3, 0.4) is 0 Å². The molecule has 6 aromatic carbocycles. The third-order valence-corrected chi connectivity index (χ3v) is 8.17. The van der Waals surface area contributed by atoms with Gasteiger partial charge in [0.15, 0.2) is 5.58 Å². The average Bonchev–Trinajstić information content (AvgIpc) is 3.73. The van der Waals surface area contributed by atoms with Crippen LogP contribution in [-0.4, -0.2) is 14.5 Å². The summed E-state index contributed by atoms with van der Waals surface area (Å²) < 4.78 is 8.83. The molecule has 0 saturated carbocycles. The number of para-hydroxylation sites is 3. The lowest BCUT2D eigenvalue weighted by atomic mass is 10.00. The van der Waals surface area contributed by atoms with E-state index in [0.717, 1.165) is 49.8 Å². The minimum atomic E-state index is 0.629. The molecule has 4 nitrogen and oxygen atoms in total. The first-order valence-electron chi connectivity index (χ1n) is 13.8. The Morgan fingerprint density at radius 1 is 0.585 bits per heavy atom. The number of hydrogen-bond acceptors (Lipinski definition) is 2. The van der Waals surface area contributed by atoms with E-state index >= 15 is 0 Å². The molecule has 4 heteroatoms. The van der Waals surface area contributed by atoms with Crippen molar-refractivity contribution in [2.45, 2.75) is 0 Å². The first-order chi connectivity index (χ1) is 20.3. The molecule has 9 rings (SSSR count). The van der Waals surface area contributed by atoms with Crippen LogP contribution in [0.1, 0.15) is 0 Å². The largest absolute Gasteiger partial charge is 0.434 e. The number of benzene rings is 6. The molecule has 0 spiro atoms. The van der Waals surface area contributed by atoms with E-state index < -0.39 is 0 Å². The first-order valence-corrected chi connectivity index (χ1v) is 13.8. The van der Waals surface area contributed by atoms with Gasteiger partial charge in [-0.3, -0.25) is 0 Å². The molecule has 3 aromatic heterocycles. The van der Waals surface area contributed by atoms with Gasteiger partial charge in [-0.15, -0.1) is 0 Å². The van der Waals surface area contributed by atoms with Crippen LogP contribution in [0, 0.1) is 0 Å². The Morgan fingerprint density at radius 2 is 1.37 bits per heavy atom. The molecule has 0 fully saturated rings. The molecule has 1 N–H and O–H groups in total. The number of oxazole rings is 1. The Bertz CT molecular complexity index is 2410. The highest BCUT2D eigenvalue weighted by molar-refractivity contribution is 6.18. The van der Waals surface area contributed by atoms with Gasteiger partial charge in [-0.25, -0.2) is 4.98 Å². The van der Waals surface area contributed by atoms with Gasteiger partial charge in [-0.1, -0.05) is 78.9 Å². The van der Waals surface area contributed by atoms with Gasteiger partial charge in [-0.2, -0.15) is 0 Å². The minimum absolute atomic E-state index is 0.629. The van der Waals surface area contributed by atoms with E-state index in [9.17, 15) is 0 Å². The maximum Gasteiger partial charge on any atom is 0.227 e. The van der Waals surface area contributed by atoms with Gasteiger partial charge in [0.1, 0.15) is 5.52 Å². The number of nitrogens with zero attached hydrogens (tertiary/aromatic N) is 2. The number of aromatic nitrogens is 3. The fourth-order valence-corrected chi connectivity index (χ4v) is 6.32. The highest BCUT2D eigenvalue weighted by Gasteiger charge is 2.20. The Balaban J connectivity index is 1.35. The Morgan fingerprint density at radius 3 is 2.24 bits per heavy atom. The van der Waals surface area contributed by atoms with Gasteiger partial charge in [0.25, 0.3) is 0 Å². The van der Waals surface area contributed by atoms with Gasteiger partial charge in [0.05, 0.1) is 16.6 Å². The molecule has 0 atom stereocenters. The number of aromatic amines is 1. The van der Waals surface area contributed by atoms with Crippen LogP contribution in [0.4, 0.5) is 0 Å². The predicted molar refractivity (Wildman–Crippen MR) is 169 cm³/mol. The van der Waals surface area contributed by atoms with E-state index in [1.165, 1.54) is 27.3 Å². The van der Waals surface area contributed by atoms with Crippen molar-refractivity contribution in [2.24, 2.45) is 0 Å². The van der Waals surface area contributed by atoms with Crippen molar-refractivity contribution in [3.05, 3.63) is 133 Å². The van der Waals surface area contributed by atoms with Crippen LogP contribution < -0.4 is 0 Å². The molecule has 0 aliphatic heterocycles. The summed E-state index contributed by atoms with van der Waals surface area (Å²) in [7, 11) is 0. The van der Waals surface area contributed by atoms with Crippen molar-refractivity contribution in [1.82, 2.24) is 14.5 Å². The fraction of sp³-hybridized carbons (Fsp3) is 0. The van der Waals surface area contributed by atoms with Crippen molar-refractivity contribution in [3.8, 4) is 28.3 Å². The van der Waals surface area contributed by atoms with Crippen molar-refractivity contribution in [2.75, 3.05) is 0 Å². The summed E-state index contributed by atoms with van der Waals surface area (Å²) in [6.07, 6.45) is 0. The van der Waals surface area contributed by atoms with E-state index in [-0.39, 0.29) is 0 Å². The summed E-state index contributed by atoms with van der Waals surface area (Å²) in [6, 6.07) is 46.7. The number of fused-ring (bicyclic) bond motifs is 8. The highest BCUT2D eigenvalue weighted by Crippen LogP contribution is 2.41. The molecule has 0 radical (unpaired) electrons. The second-order valence-corrected chi connectivity index (χ2v) is 10.5. The van der Waals surface area contributed by atoms with Crippen LogP contribution in [-0.2, 0) is 0 Å². The molecule has 0 aliphatic carbocycles. The third kappa shape index (κ3) is 3.25. The SMILES string of the molecule is c1ccc(-c2nc3ccc4c5cc(-c6cccc7c6[nH]c6ccccc67)ccc5n(-c5ccccc5)c4c3o2)cc1. The van der Waals surface area contributed by atoms with Crippen molar-refractivity contribution in [1.29, 1.82) is 0 Å². The second-order valence-electron chi connectivity index (χ2n) is 10.5. The van der Waals surface area contributed by atoms with Crippen LogP contribution in [0.5, 0.6) is 0 Å². The van der Waals surface area contributed by atoms with Crippen LogP contribution in [0.2, 0.25) is 0 Å². The van der Waals surface area contributed by atoms with Crippen molar-refractivity contribution >= 4 is 54.7 Å². The molecule has 0 bridgehead atoms. The first kappa shape index (κ1) is 22.2. The van der Waals surface area contributed by atoms with E-state index in [1.807, 2.05) is 36.4 Å². The summed E-state index contributed by atoms with van der Waals surface area (Å²) in [5.41, 5.74) is 10.5. The fourth-order valence-electron chi connectivity index (χ4n) is 6.32. The van der Waals surface area contributed by atoms with E-state index in [2.05, 4.69) is 107 Å². The number of hydrogen-bond donors (Lipinski definition) is 1. The highest BCUT2D eigenvalue weighted by atomic mass is 16.3. The van der Waals surface area contributed by atoms with Gasteiger partial charge in [-0.05, 0) is 60.2 Å². The number of rotatable bonds is 3. The quantitative estimate of drug-likeness (QED) is 0.249. The van der Waals surface area contributed by atoms with Crippen LogP contribution in [0.25, 0.3) is 83.0 Å². The Hall–Kier alpha value is -5.61. The molecule has 41 heavy (non-hydrogen) atoms. The molecule has 0 amide bonds. The molecular formula is C37H23N3O. The lowest BCUT2D eigenvalue weighted by Crippen LogP contribution is -1.93. The molecule has 0 saturated heterocycles. The van der Waals surface area contributed by atoms with E-state index in [4.69, 9.17) is 9.40 Å². The molecular weight excluding hydrogens is 502 g/mol. The standard InChI is InChI=1S/C37H23N3O/c1-3-10-23(11-4-1)37-39-32-20-19-29-30-22-24(26-15-9-16-28-27-14-7-8-17-31(27)38-34(26)28)18-21-33(30)40(35(29)36(32)41-37)25-12-5-2-6-13-25/h1-22,38H. The lowest BCUT2D eigenvalue weighted by Gasteiger charge is -2.08. The normalized spacial score (nSPS) is 11.9. The van der Waals surface area contributed by atoms with Crippen LogP contribution in [0.15, 0.2) is 138 Å². The number of H-pyrrole nitrogens is 1.